The Morgan fingerprint density at radius 2 is 1.67 bits per heavy atom. The smallest absolute Gasteiger partial charge is 0.258 e. The second kappa shape index (κ2) is 11.1. The lowest BCUT2D eigenvalue weighted by molar-refractivity contribution is -0.116. The molecule has 0 radical (unpaired) electrons. The Hall–Kier alpha value is -4.49. The summed E-state index contributed by atoms with van der Waals surface area (Å²) in [6, 6.07) is 26.1. The van der Waals surface area contributed by atoms with E-state index in [4.69, 9.17) is 0 Å². The number of nitrogens with one attached hydrogen (secondary N) is 2. The van der Waals surface area contributed by atoms with Crippen LogP contribution < -0.4 is 15.5 Å². The number of aryl methyl sites for hydroxylation is 1. The number of likely N-dealkylation sites (N-methyl/N-ethyl adjacent to an activating group) is 2. The molecule has 0 saturated heterocycles. The number of benzene rings is 4. The molecule has 1 aliphatic rings. The topological polar surface area (TPSA) is 81.8 Å². The van der Waals surface area contributed by atoms with Crippen LogP contribution >= 0.6 is 0 Å². The molecule has 4 aromatic rings. The molecular formula is C32H32N4O3. The molecule has 7 heteroatoms. The molecule has 0 bridgehead atoms. The van der Waals surface area contributed by atoms with Gasteiger partial charge in [0.2, 0.25) is 5.91 Å². The summed E-state index contributed by atoms with van der Waals surface area (Å²) in [5.74, 6) is -0.591. The van der Waals surface area contributed by atoms with Crippen LogP contribution in [0.3, 0.4) is 0 Å². The molecule has 0 aromatic heterocycles. The van der Waals surface area contributed by atoms with Crippen molar-refractivity contribution in [3.05, 3.63) is 107 Å². The Morgan fingerprint density at radius 3 is 2.41 bits per heavy atom. The van der Waals surface area contributed by atoms with Gasteiger partial charge in [-0.25, -0.2) is 0 Å². The van der Waals surface area contributed by atoms with Crippen LogP contribution in [0.2, 0.25) is 0 Å². The Morgan fingerprint density at radius 1 is 0.949 bits per heavy atom. The highest BCUT2D eigenvalue weighted by Gasteiger charge is 2.34. The Labute approximate surface area is 228 Å². The van der Waals surface area contributed by atoms with E-state index < -0.39 is 6.04 Å². The minimum Gasteiger partial charge on any atom is -0.340 e. The summed E-state index contributed by atoms with van der Waals surface area (Å²) in [5.41, 5.74) is 3.92. The predicted octanol–water partition coefficient (Wildman–Crippen LogP) is 5.17. The van der Waals surface area contributed by atoms with E-state index in [0.717, 1.165) is 21.9 Å². The fourth-order valence-electron chi connectivity index (χ4n) is 4.98. The van der Waals surface area contributed by atoms with Gasteiger partial charge in [-0.05, 0) is 60.6 Å². The van der Waals surface area contributed by atoms with E-state index >= 15 is 0 Å². The predicted molar refractivity (Wildman–Crippen MR) is 155 cm³/mol. The molecule has 198 valence electrons. The quantitative estimate of drug-likeness (QED) is 0.368. The first-order chi connectivity index (χ1) is 18.9. The molecule has 4 aromatic carbocycles. The highest BCUT2D eigenvalue weighted by molar-refractivity contribution is 6.13. The van der Waals surface area contributed by atoms with Crippen LogP contribution in [0.4, 0.5) is 11.4 Å². The first-order valence-electron chi connectivity index (χ1n) is 13.1. The number of carbonyl (C=O) groups excluding carboxylic acids is 3. The molecule has 1 heterocycles. The van der Waals surface area contributed by atoms with E-state index in [1.807, 2.05) is 80.7 Å². The van der Waals surface area contributed by atoms with E-state index in [2.05, 4.69) is 10.6 Å². The van der Waals surface area contributed by atoms with Crippen molar-refractivity contribution < 1.29 is 14.4 Å². The van der Waals surface area contributed by atoms with Gasteiger partial charge >= 0.3 is 0 Å². The molecule has 0 fully saturated rings. The largest absolute Gasteiger partial charge is 0.340 e. The van der Waals surface area contributed by atoms with E-state index in [1.165, 1.54) is 0 Å². The zero-order chi connectivity index (χ0) is 27.5. The van der Waals surface area contributed by atoms with Crippen molar-refractivity contribution in [2.45, 2.75) is 19.4 Å². The van der Waals surface area contributed by atoms with Crippen molar-refractivity contribution in [3.63, 3.8) is 0 Å². The van der Waals surface area contributed by atoms with Gasteiger partial charge in [0, 0.05) is 31.3 Å². The zero-order valence-electron chi connectivity index (χ0n) is 22.4. The van der Waals surface area contributed by atoms with Crippen LogP contribution in [0.5, 0.6) is 0 Å². The van der Waals surface area contributed by atoms with Crippen molar-refractivity contribution in [2.75, 3.05) is 37.4 Å². The van der Waals surface area contributed by atoms with Gasteiger partial charge in [-0.2, -0.15) is 0 Å². The van der Waals surface area contributed by atoms with Crippen LogP contribution in [0.15, 0.2) is 84.9 Å². The molecule has 39 heavy (non-hydrogen) atoms. The molecule has 7 nitrogen and oxygen atoms in total. The fourth-order valence-corrected chi connectivity index (χ4v) is 4.98. The van der Waals surface area contributed by atoms with Crippen LogP contribution in [-0.2, 0) is 4.79 Å². The lowest BCUT2D eigenvalue weighted by atomic mass is 9.98. The molecule has 5 rings (SSSR count). The van der Waals surface area contributed by atoms with Gasteiger partial charge in [0.15, 0.2) is 0 Å². The number of hydrogen-bond donors (Lipinski definition) is 2. The molecule has 1 atom stereocenters. The van der Waals surface area contributed by atoms with Gasteiger partial charge < -0.3 is 15.5 Å². The highest BCUT2D eigenvalue weighted by atomic mass is 16.2. The monoisotopic (exact) mass is 520 g/mol. The summed E-state index contributed by atoms with van der Waals surface area (Å²) in [6.45, 7) is 3.21. The van der Waals surface area contributed by atoms with Crippen molar-refractivity contribution >= 4 is 39.9 Å². The average Bonchev–Trinajstić information content (AvgIpc) is 3.10. The van der Waals surface area contributed by atoms with Crippen LogP contribution in [-0.4, -0.2) is 49.8 Å². The Kier molecular flexibility index (Phi) is 7.43. The van der Waals surface area contributed by atoms with Gasteiger partial charge in [0.1, 0.15) is 0 Å². The van der Waals surface area contributed by atoms with Gasteiger partial charge in [-0.3, -0.25) is 19.3 Å². The Bertz CT molecular complexity index is 1550. The van der Waals surface area contributed by atoms with Gasteiger partial charge in [-0.1, -0.05) is 60.2 Å². The van der Waals surface area contributed by atoms with Gasteiger partial charge in [0.25, 0.3) is 11.8 Å². The highest BCUT2D eigenvalue weighted by Crippen LogP contribution is 2.40. The maximum absolute atomic E-state index is 14.3. The second-order valence-corrected chi connectivity index (χ2v) is 9.98. The number of rotatable bonds is 6. The van der Waals surface area contributed by atoms with Crippen molar-refractivity contribution in [3.8, 4) is 0 Å². The maximum atomic E-state index is 14.3. The Balaban J connectivity index is 1.61. The van der Waals surface area contributed by atoms with E-state index in [-0.39, 0.29) is 24.1 Å². The SMILES string of the molecule is CNCCN(C)C(=O)c1ccc2c(c1)NC(=O)CC(c1ccc(C)cc1)N2C(=O)c1ccc2ccccc2c1. The summed E-state index contributed by atoms with van der Waals surface area (Å²) in [6.07, 6.45) is 0.0857. The molecule has 0 spiro atoms. The first-order valence-corrected chi connectivity index (χ1v) is 13.1. The lowest BCUT2D eigenvalue weighted by Gasteiger charge is -2.31. The van der Waals surface area contributed by atoms with E-state index in [9.17, 15) is 14.4 Å². The summed E-state index contributed by atoms with van der Waals surface area (Å²) in [4.78, 5) is 43.9. The van der Waals surface area contributed by atoms with Crippen molar-refractivity contribution in [2.24, 2.45) is 0 Å². The molecular weight excluding hydrogens is 488 g/mol. The number of fused-ring (bicyclic) bond motifs is 2. The molecule has 1 unspecified atom stereocenters. The minimum absolute atomic E-state index is 0.0857. The maximum Gasteiger partial charge on any atom is 0.258 e. The van der Waals surface area contributed by atoms with E-state index in [1.54, 1.807) is 35.0 Å². The molecule has 3 amide bonds. The molecule has 0 aliphatic carbocycles. The summed E-state index contributed by atoms with van der Waals surface area (Å²) >= 11 is 0. The number of hydrogen-bond acceptors (Lipinski definition) is 4. The third-order valence-corrected chi connectivity index (χ3v) is 7.19. The molecule has 2 N–H and O–H groups in total. The van der Waals surface area contributed by atoms with E-state index in [0.29, 0.717) is 35.6 Å². The minimum atomic E-state index is -0.523. The third kappa shape index (κ3) is 5.40. The van der Waals surface area contributed by atoms with Gasteiger partial charge in [0.05, 0.1) is 23.8 Å². The number of anilines is 2. The van der Waals surface area contributed by atoms with Crippen molar-refractivity contribution in [1.29, 1.82) is 0 Å². The normalized spacial score (nSPS) is 14.9. The summed E-state index contributed by atoms with van der Waals surface area (Å²) in [7, 11) is 3.58. The standard InChI is InChI=1S/C32H32N4O3/c1-21-8-10-23(11-9-21)29-20-30(37)34-27-19-26(31(38)35(3)17-16-33-2)14-15-28(27)36(29)32(39)25-13-12-22-6-4-5-7-24(22)18-25/h4-15,18-19,29,33H,16-17,20H2,1-3H3,(H,34,37). The average molecular weight is 521 g/mol. The fraction of sp³-hybridized carbons (Fsp3) is 0.219. The number of nitrogens with zero attached hydrogens (tertiary/aromatic N) is 2. The first kappa shape index (κ1) is 26.1. The lowest BCUT2D eigenvalue weighted by Crippen LogP contribution is -2.35. The number of amides is 3. The summed E-state index contributed by atoms with van der Waals surface area (Å²) < 4.78 is 0. The molecule has 1 aliphatic heterocycles. The summed E-state index contributed by atoms with van der Waals surface area (Å²) in [5, 5.41) is 8.01. The van der Waals surface area contributed by atoms with Crippen LogP contribution in [0, 0.1) is 6.92 Å². The zero-order valence-corrected chi connectivity index (χ0v) is 22.4. The third-order valence-electron chi connectivity index (χ3n) is 7.19. The number of carbonyl (C=O) groups is 3. The van der Waals surface area contributed by atoms with Gasteiger partial charge in [-0.15, -0.1) is 0 Å². The van der Waals surface area contributed by atoms with Crippen LogP contribution in [0.25, 0.3) is 10.8 Å². The molecule has 0 saturated carbocycles. The van der Waals surface area contributed by atoms with Crippen molar-refractivity contribution in [1.82, 2.24) is 10.2 Å². The van der Waals surface area contributed by atoms with Crippen LogP contribution in [0.1, 0.15) is 44.3 Å². The second-order valence-electron chi connectivity index (χ2n) is 9.98.